The summed E-state index contributed by atoms with van der Waals surface area (Å²) < 4.78 is 95.5. The van der Waals surface area contributed by atoms with Gasteiger partial charge in [-0.05, 0) is 118 Å². The number of halogens is 11. The van der Waals surface area contributed by atoms with Gasteiger partial charge in [-0.15, -0.1) is 0 Å². The van der Waals surface area contributed by atoms with E-state index in [2.05, 4.69) is 160 Å². The second-order valence-electron chi connectivity index (χ2n) is 29.5. The molecule has 0 bridgehead atoms. The van der Waals surface area contributed by atoms with Gasteiger partial charge in [0.25, 0.3) is 0 Å². The highest BCUT2D eigenvalue weighted by molar-refractivity contribution is 6.42. The number of hydrogen-bond acceptors (Lipinski definition) is 6. The van der Waals surface area contributed by atoms with Crippen LogP contribution in [0, 0.1) is 44.0 Å². The predicted molar refractivity (Wildman–Crippen MR) is 495 cm³/mol. The second kappa shape index (κ2) is 43.0. The number of benzene rings is 12. The van der Waals surface area contributed by atoms with E-state index in [0.717, 1.165) is 94.3 Å². The van der Waals surface area contributed by atoms with E-state index in [1.165, 1.54) is 62.8 Å². The first kappa shape index (κ1) is 88.6. The summed E-state index contributed by atoms with van der Waals surface area (Å²) in [5.41, 5.74) is 18.9. The lowest BCUT2D eigenvalue weighted by Gasteiger charge is -2.21. The lowest BCUT2D eigenvalue weighted by atomic mass is 9.85. The van der Waals surface area contributed by atoms with Gasteiger partial charge in [-0.25, -0.2) is 17.6 Å². The summed E-state index contributed by atoms with van der Waals surface area (Å²) in [7, 11) is 0. The molecular weight excluding hydrogens is 1630 g/mol. The van der Waals surface area contributed by atoms with E-state index in [1.54, 1.807) is 73.1 Å². The van der Waals surface area contributed by atoms with Gasteiger partial charge in [0.2, 0.25) is 0 Å². The minimum atomic E-state index is -4.73. The normalized spacial score (nSPS) is 15.3. The lowest BCUT2D eigenvalue weighted by Crippen LogP contribution is -2.13. The van der Waals surface area contributed by atoms with E-state index >= 15 is 0 Å². The average molecular weight is 1720 g/mol. The molecule has 0 saturated heterocycles. The third kappa shape index (κ3) is 22.2. The first-order chi connectivity index (χ1) is 59.8. The molecule has 0 saturated carbocycles. The van der Waals surface area contributed by atoms with E-state index in [0.29, 0.717) is 38.9 Å². The van der Waals surface area contributed by atoms with Crippen molar-refractivity contribution >= 4 is 83.7 Å². The number of rotatable bonds is 18. The fraction of sp³-hybridized carbons (Fsp3) is 0.151. The zero-order valence-corrected chi connectivity index (χ0v) is 70.7. The van der Waals surface area contributed by atoms with Crippen molar-refractivity contribution in [2.75, 3.05) is 0 Å². The molecule has 0 spiro atoms. The summed E-state index contributed by atoms with van der Waals surface area (Å²) in [6.07, 6.45) is 23.6. The van der Waals surface area contributed by atoms with Crippen LogP contribution in [0.25, 0.3) is 0 Å². The van der Waals surface area contributed by atoms with Crippen LogP contribution in [-0.4, -0.2) is 37.3 Å². The Bertz CT molecular complexity index is 5340. The Hall–Kier alpha value is -12.2. The molecule has 0 amide bonds. The van der Waals surface area contributed by atoms with Crippen molar-refractivity contribution in [2.24, 2.45) is 30.0 Å². The monoisotopic (exact) mass is 1720 g/mol. The first-order valence-electron chi connectivity index (χ1n) is 40.5. The molecule has 618 valence electrons. The number of allylic oxidation sites excluding steroid dienone is 12. The van der Waals surface area contributed by atoms with E-state index in [-0.39, 0.29) is 46.0 Å². The molecule has 123 heavy (non-hydrogen) atoms. The van der Waals surface area contributed by atoms with Crippen LogP contribution in [0.4, 0.5) is 30.7 Å². The molecule has 0 fully saturated rings. The van der Waals surface area contributed by atoms with Gasteiger partial charge in [0.1, 0.15) is 11.6 Å². The van der Waals surface area contributed by atoms with Crippen molar-refractivity contribution in [2.45, 2.75) is 101 Å². The average Bonchev–Trinajstić information content (AvgIpc) is 1.23. The van der Waals surface area contributed by atoms with Crippen LogP contribution in [0.2, 0.25) is 20.1 Å². The van der Waals surface area contributed by atoms with Crippen LogP contribution >= 0.6 is 46.4 Å². The largest absolute Gasteiger partial charge is 0.419 e. The van der Waals surface area contributed by atoms with Crippen molar-refractivity contribution in [3.8, 4) is 0 Å². The summed E-state index contributed by atoms with van der Waals surface area (Å²) in [5.74, 6) is -4.04. The smallest absolute Gasteiger partial charge is 0.265 e. The Morgan fingerprint density at radius 2 is 0.512 bits per heavy atom. The molecule has 6 nitrogen and oxygen atoms in total. The number of alkyl halides is 3. The van der Waals surface area contributed by atoms with E-state index in [9.17, 15) is 30.7 Å². The van der Waals surface area contributed by atoms with Crippen molar-refractivity contribution in [3.63, 3.8) is 0 Å². The SMILES string of the molecule is Cc1c(Cl)cccc1C(C1=CCC=N1)c1ccccc1.Cc1cccc(C(C2=CCC=N2)c2ccccc2)c1C.Clc1cccc(C(C2=CCC=N2)c2ccccc2)c1Cl.Fc1c(C(C2=CCC=N2)c2ccccc2)cccc1C(F)(F)F.Fc1c(Cl)cccc1C(C1=CCC=N1)c1ccccc1.Fc1cccc(C(C2=CCC=N2)c2ccccc2)c1F. The molecule has 0 aromatic heterocycles. The molecule has 6 heterocycles. The number of aryl methyl sites for hydroxylation is 1. The van der Waals surface area contributed by atoms with Crippen LogP contribution in [0.3, 0.4) is 0 Å². The first-order valence-corrected chi connectivity index (χ1v) is 42.0. The number of hydrogen-bond donors (Lipinski definition) is 0. The molecule has 12 aromatic carbocycles. The minimum Gasteiger partial charge on any atom is -0.265 e. The molecule has 6 unspecified atom stereocenters. The zero-order chi connectivity index (χ0) is 86.2. The predicted octanol–water partition coefficient (Wildman–Crippen LogP) is 30.2. The molecule has 18 rings (SSSR count). The summed E-state index contributed by atoms with van der Waals surface area (Å²) in [6.45, 7) is 6.46. The van der Waals surface area contributed by atoms with Crippen LogP contribution < -0.4 is 0 Å². The summed E-state index contributed by atoms with van der Waals surface area (Å²) in [5, 5.41) is 2.13. The Kier molecular flexibility index (Phi) is 31.0. The minimum absolute atomic E-state index is 0.0173. The van der Waals surface area contributed by atoms with Gasteiger partial charge in [-0.3, -0.25) is 30.0 Å². The molecule has 6 aliphatic rings. The highest BCUT2D eigenvalue weighted by atomic mass is 35.5. The van der Waals surface area contributed by atoms with Crippen molar-refractivity contribution < 1.29 is 30.7 Å². The fourth-order valence-corrected chi connectivity index (χ4v) is 16.4. The molecule has 6 atom stereocenters. The second-order valence-corrected chi connectivity index (χ2v) is 31.1. The molecule has 0 radical (unpaired) electrons. The van der Waals surface area contributed by atoms with E-state index in [1.807, 2.05) is 152 Å². The molecule has 17 heteroatoms. The van der Waals surface area contributed by atoms with Gasteiger partial charge in [-0.1, -0.05) is 344 Å². The third-order valence-corrected chi connectivity index (χ3v) is 23.2. The number of aliphatic imine (C=N–C) groups is 6. The molecule has 12 aromatic rings. The third-order valence-electron chi connectivity index (χ3n) is 21.7. The molecule has 6 aliphatic heterocycles. The molecule has 0 N–H and O–H groups in total. The Balaban J connectivity index is 0.000000127. The quantitative estimate of drug-likeness (QED) is 0.0768. The number of nitrogens with zero attached hydrogens (tertiary/aromatic N) is 6. The highest BCUT2D eigenvalue weighted by Crippen LogP contribution is 2.45. The van der Waals surface area contributed by atoms with Crippen molar-refractivity contribution in [1.29, 1.82) is 0 Å². The van der Waals surface area contributed by atoms with Gasteiger partial charge >= 0.3 is 6.18 Å². The van der Waals surface area contributed by atoms with Crippen LogP contribution in [0.15, 0.2) is 392 Å². The van der Waals surface area contributed by atoms with Crippen LogP contribution in [0.5, 0.6) is 0 Å². The van der Waals surface area contributed by atoms with Gasteiger partial charge in [0, 0.05) is 132 Å². The van der Waals surface area contributed by atoms with Gasteiger partial charge < -0.3 is 0 Å². The van der Waals surface area contributed by atoms with E-state index < -0.39 is 35.1 Å². The van der Waals surface area contributed by atoms with Gasteiger partial charge in [-0.2, -0.15) is 13.2 Å². The van der Waals surface area contributed by atoms with Crippen molar-refractivity contribution in [3.05, 3.63) is 494 Å². The summed E-state index contributed by atoms with van der Waals surface area (Å²) in [4.78, 5) is 26.5. The maximum absolute atomic E-state index is 14.6. The van der Waals surface area contributed by atoms with Gasteiger partial charge in [0.15, 0.2) is 11.6 Å². The zero-order valence-electron chi connectivity index (χ0n) is 67.7. The van der Waals surface area contributed by atoms with Crippen LogP contribution in [-0.2, 0) is 6.18 Å². The standard InChI is InChI=1S/C19H19N.C18H16ClN.C18H13F4N.C17H13Cl2N.C17H13ClFN.C17H13F2N/c1-14-8-6-11-17(15(14)2)19(18-12-7-13-20-18)16-9-4-3-5-10-16;1-13-15(9-5-10-16(13)19)18(17-11-6-12-20-17)14-7-3-2-4-8-14;19-17-13(8-4-9-14(17)18(20,21)22)16(15-10-5-11-23-15)12-6-2-1-3-7-12;3*18-14-9-4-8-13(17(14)19)16(15-10-5-11-20-15)12-6-2-1-3-7-12/h3-6,8-13,19H,7H2,1-2H3;2-5,7-12,18H,6H2,1H3;1-4,6-11,16H,5H2;3*1-4,6-11,16H,5H2. The maximum Gasteiger partial charge on any atom is 0.419 e. The fourth-order valence-electron chi connectivity index (χ4n) is 15.6. The van der Waals surface area contributed by atoms with Crippen molar-refractivity contribution in [1.82, 2.24) is 0 Å². The molecule has 0 aliphatic carbocycles. The molecular formula is C106H87Cl4F7N6. The Morgan fingerprint density at radius 1 is 0.252 bits per heavy atom. The topological polar surface area (TPSA) is 74.2 Å². The van der Waals surface area contributed by atoms with E-state index in [4.69, 9.17) is 46.4 Å². The maximum atomic E-state index is 14.6. The lowest BCUT2D eigenvalue weighted by molar-refractivity contribution is -0.140. The summed E-state index contributed by atoms with van der Waals surface area (Å²) in [6, 6.07) is 90.7. The highest BCUT2D eigenvalue weighted by Gasteiger charge is 2.37. The van der Waals surface area contributed by atoms with Crippen LogP contribution in [0.1, 0.15) is 163 Å². The summed E-state index contributed by atoms with van der Waals surface area (Å²) >= 11 is 24.8. The Morgan fingerprint density at radius 3 is 0.846 bits per heavy atom. The van der Waals surface area contributed by atoms with Gasteiger partial charge in [0.05, 0.1) is 56.1 Å². The Labute approximate surface area is 734 Å².